The van der Waals surface area contributed by atoms with E-state index < -0.39 is 23.5 Å². The van der Waals surface area contributed by atoms with Gasteiger partial charge in [-0.25, -0.2) is 4.79 Å². The highest BCUT2D eigenvalue weighted by molar-refractivity contribution is 5.86. The number of urea groups is 1. The molecule has 0 aromatic heterocycles. The first-order valence-electron chi connectivity index (χ1n) is 6.40. The van der Waals surface area contributed by atoms with Gasteiger partial charge in [-0.05, 0) is 19.8 Å². The van der Waals surface area contributed by atoms with E-state index in [9.17, 15) is 19.5 Å². The van der Waals surface area contributed by atoms with Gasteiger partial charge in [0, 0.05) is 13.6 Å². The number of carboxylic acid groups (broad SMARTS) is 1. The van der Waals surface area contributed by atoms with E-state index >= 15 is 0 Å². The predicted octanol–water partition coefficient (Wildman–Crippen LogP) is 0.0651. The second kappa shape index (κ2) is 6.40. The summed E-state index contributed by atoms with van der Waals surface area (Å²) in [5.41, 5.74) is -0.854. The Balaban J connectivity index is 2.45. The Hall–Kier alpha value is -1.79. The lowest BCUT2D eigenvalue weighted by atomic mass is 9.86. The number of carbonyl (C=O) groups excluding carboxylic acids is 2. The van der Waals surface area contributed by atoms with Crippen LogP contribution in [0.2, 0.25) is 0 Å². The van der Waals surface area contributed by atoms with Crippen molar-refractivity contribution in [3.63, 3.8) is 0 Å². The van der Waals surface area contributed by atoms with Gasteiger partial charge in [0.05, 0.1) is 5.41 Å². The second-order valence-electron chi connectivity index (χ2n) is 4.96. The maximum Gasteiger partial charge on any atom is 0.315 e. The van der Waals surface area contributed by atoms with Crippen LogP contribution in [0.4, 0.5) is 4.79 Å². The summed E-state index contributed by atoms with van der Waals surface area (Å²) in [6.07, 6.45) is 2.88. The molecule has 1 aliphatic carbocycles. The first kappa shape index (κ1) is 15.3. The van der Waals surface area contributed by atoms with Gasteiger partial charge in [-0.1, -0.05) is 12.8 Å². The second-order valence-corrected chi connectivity index (χ2v) is 4.96. The Morgan fingerprint density at radius 1 is 1.26 bits per heavy atom. The van der Waals surface area contributed by atoms with Gasteiger partial charge in [-0.15, -0.1) is 0 Å². The van der Waals surface area contributed by atoms with Crippen LogP contribution in [0.25, 0.3) is 0 Å². The van der Waals surface area contributed by atoms with Crippen LogP contribution >= 0.6 is 0 Å². The van der Waals surface area contributed by atoms with Crippen LogP contribution in [0.5, 0.6) is 0 Å². The first-order chi connectivity index (χ1) is 8.91. The van der Waals surface area contributed by atoms with Crippen LogP contribution in [0.3, 0.4) is 0 Å². The molecule has 0 aromatic rings. The molecule has 0 saturated heterocycles. The SMILES string of the molecule is CNC(=O)C(C)NC(=O)NCC1(C(=O)O)CCCC1. The Kier molecular flexibility index (Phi) is 5.14. The third kappa shape index (κ3) is 3.84. The summed E-state index contributed by atoms with van der Waals surface area (Å²) in [6, 6.07) is -1.18. The summed E-state index contributed by atoms with van der Waals surface area (Å²) in [5.74, 6) is -1.17. The van der Waals surface area contributed by atoms with Gasteiger partial charge in [0.15, 0.2) is 0 Å². The molecule has 1 fully saturated rings. The number of carbonyl (C=O) groups is 3. The summed E-state index contributed by atoms with van der Waals surface area (Å²) < 4.78 is 0. The number of carboxylic acids is 1. The van der Waals surface area contributed by atoms with Crippen molar-refractivity contribution in [1.82, 2.24) is 16.0 Å². The van der Waals surface area contributed by atoms with E-state index in [0.29, 0.717) is 12.8 Å². The Morgan fingerprint density at radius 3 is 2.32 bits per heavy atom. The molecule has 7 heteroatoms. The lowest BCUT2D eigenvalue weighted by molar-refractivity contribution is -0.148. The largest absolute Gasteiger partial charge is 0.481 e. The molecule has 19 heavy (non-hydrogen) atoms. The highest BCUT2D eigenvalue weighted by Crippen LogP contribution is 2.37. The molecule has 1 unspecified atom stereocenters. The molecule has 0 aliphatic heterocycles. The van der Waals surface area contributed by atoms with Crippen molar-refractivity contribution < 1.29 is 19.5 Å². The zero-order valence-corrected chi connectivity index (χ0v) is 11.3. The van der Waals surface area contributed by atoms with Crippen LogP contribution in [0.15, 0.2) is 0 Å². The fraction of sp³-hybridized carbons (Fsp3) is 0.750. The fourth-order valence-electron chi connectivity index (χ4n) is 2.30. The number of aliphatic carboxylic acids is 1. The van der Waals surface area contributed by atoms with Crippen molar-refractivity contribution in [1.29, 1.82) is 0 Å². The van der Waals surface area contributed by atoms with Crippen molar-refractivity contribution in [3.8, 4) is 0 Å². The molecule has 3 amide bonds. The van der Waals surface area contributed by atoms with E-state index in [4.69, 9.17) is 0 Å². The van der Waals surface area contributed by atoms with E-state index in [1.54, 1.807) is 6.92 Å². The van der Waals surface area contributed by atoms with E-state index in [1.807, 2.05) is 0 Å². The predicted molar refractivity (Wildman–Crippen MR) is 68.6 cm³/mol. The summed E-state index contributed by atoms with van der Waals surface area (Å²) in [7, 11) is 1.48. The lowest BCUT2D eigenvalue weighted by Gasteiger charge is -2.24. The molecule has 0 radical (unpaired) electrons. The average Bonchev–Trinajstić information content (AvgIpc) is 2.85. The summed E-state index contributed by atoms with van der Waals surface area (Å²) >= 11 is 0. The molecule has 1 rings (SSSR count). The van der Waals surface area contributed by atoms with Crippen molar-refractivity contribution in [2.45, 2.75) is 38.6 Å². The quantitative estimate of drug-likeness (QED) is 0.567. The minimum atomic E-state index is -0.871. The van der Waals surface area contributed by atoms with Crippen molar-refractivity contribution in [3.05, 3.63) is 0 Å². The number of nitrogens with one attached hydrogen (secondary N) is 3. The van der Waals surface area contributed by atoms with E-state index in [1.165, 1.54) is 7.05 Å². The van der Waals surface area contributed by atoms with Crippen LogP contribution in [0.1, 0.15) is 32.6 Å². The third-order valence-electron chi connectivity index (χ3n) is 3.59. The van der Waals surface area contributed by atoms with E-state index in [-0.39, 0.29) is 12.5 Å². The molecule has 0 aromatic carbocycles. The zero-order chi connectivity index (χ0) is 14.5. The van der Waals surface area contributed by atoms with E-state index in [2.05, 4.69) is 16.0 Å². The van der Waals surface area contributed by atoms with Gasteiger partial charge in [-0.2, -0.15) is 0 Å². The van der Waals surface area contributed by atoms with Gasteiger partial charge in [-0.3, -0.25) is 9.59 Å². The molecular formula is C12H21N3O4. The minimum absolute atomic E-state index is 0.0919. The van der Waals surface area contributed by atoms with Gasteiger partial charge < -0.3 is 21.1 Å². The molecular weight excluding hydrogens is 250 g/mol. The lowest BCUT2D eigenvalue weighted by Crippen LogP contribution is -2.50. The van der Waals surface area contributed by atoms with Crippen LogP contribution in [-0.4, -0.2) is 42.6 Å². The van der Waals surface area contributed by atoms with Gasteiger partial charge in [0.1, 0.15) is 6.04 Å². The Labute approximate surface area is 112 Å². The third-order valence-corrected chi connectivity index (χ3v) is 3.59. The Morgan fingerprint density at radius 2 is 1.84 bits per heavy atom. The smallest absolute Gasteiger partial charge is 0.315 e. The van der Waals surface area contributed by atoms with Crippen molar-refractivity contribution in [2.75, 3.05) is 13.6 Å². The van der Waals surface area contributed by atoms with Gasteiger partial charge in [0.25, 0.3) is 0 Å². The summed E-state index contributed by atoms with van der Waals surface area (Å²) in [4.78, 5) is 34.1. The molecule has 1 atom stereocenters. The molecule has 0 spiro atoms. The molecule has 0 heterocycles. The van der Waals surface area contributed by atoms with Crippen LogP contribution in [0, 0.1) is 5.41 Å². The number of amides is 3. The molecule has 1 saturated carbocycles. The normalized spacial score (nSPS) is 18.4. The molecule has 0 bridgehead atoms. The first-order valence-corrected chi connectivity index (χ1v) is 6.40. The number of likely N-dealkylation sites (N-methyl/N-ethyl adjacent to an activating group) is 1. The standard InChI is InChI=1S/C12H21N3O4/c1-8(9(16)13-2)15-11(19)14-7-12(10(17)18)5-3-4-6-12/h8H,3-7H2,1-2H3,(H,13,16)(H,17,18)(H2,14,15,19). The maximum atomic E-state index is 11.6. The van der Waals surface area contributed by atoms with Crippen molar-refractivity contribution in [2.24, 2.45) is 5.41 Å². The van der Waals surface area contributed by atoms with Crippen molar-refractivity contribution >= 4 is 17.9 Å². The zero-order valence-electron chi connectivity index (χ0n) is 11.3. The summed E-state index contributed by atoms with van der Waals surface area (Å²) in [5, 5.41) is 16.7. The summed E-state index contributed by atoms with van der Waals surface area (Å²) in [6.45, 7) is 1.65. The van der Waals surface area contributed by atoms with Gasteiger partial charge in [0.2, 0.25) is 5.91 Å². The number of rotatable bonds is 5. The monoisotopic (exact) mass is 271 g/mol. The maximum absolute atomic E-state index is 11.6. The molecule has 108 valence electrons. The fourth-order valence-corrected chi connectivity index (χ4v) is 2.30. The highest BCUT2D eigenvalue weighted by atomic mass is 16.4. The Bertz CT molecular complexity index is 364. The number of hydrogen-bond acceptors (Lipinski definition) is 3. The van der Waals surface area contributed by atoms with Crippen LogP contribution < -0.4 is 16.0 Å². The van der Waals surface area contributed by atoms with Gasteiger partial charge >= 0.3 is 12.0 Å². The topological polar surface area (TPSA) is 108 Å². The van der Waals surface area contributed by atoms with Crippen LogP contribution in [-0.2, 0) is 9.59 Å². The number of hydrogen-bond donors (Lipinski definition) is 4. The highest BCUT2D eigenvalue weighted by Gasteiger charge is 2.41. The molecule has 4 N–H and O–H groups in total. The molecule has 1 aliphatic rings. The minimum Gasteiger partial charge on any atom is -0.481 e. The molecule has 7 nitrogen and oxygen atoms in total. The van der Waals surface area contributed by atoms with E-state index in [0.717, 1.165) is 12.8 Å². The average molecular weight is 271 g/mol.